The Morgan fingerprint density at radius 1 is 0.538 bits per heavy atom. The van der Waals surface area contributed by atoms with Gasteiger partial charge in [0.25, 0.3) is 11.8 Å². The van der Waals surface area contributed by atoms with Crippen LogP contribution in [-0.2, 0) is 11.8 Å². The molecule has 0 fully saturated rings. The maximum atomic E-state index is 2.37. The van der Waals surface area contributed by atoms with Crippen LogP contribution in [0.4, 0.5) is 0 Å². The van der Waals surface area contributed by atoms with Gasteiger partial charge < -0.3 is 0 Å². The summed E-state index contributed by atoms with van der Waals surface area (Å²) in [7, 11) is 0. The first-order valence-electron chi connectivity index (χ1n) is 9.91. The molecule has 0 aliphatic carbocycles. The molecule has 0 N–H and O–H groups in total. The van der Waals surface area contributed by atoms with E-state index in [-0.39, 0.29) is 0 Å². The van der Waals surface area contributed by atoms with Crippen molar-refractivity contribution in [2.24, 2.45) is 0 Å². The number of fused-ring (bicyclic) bond motifs is 2. The first-order chi connectivity index (χ1) is 12.2. The molecular formula is C24H32S2+. The molecule has 1 aliphatic rings. The quantitative estimate of drug-likeness (QED) is 0.416. The van der Waals surface area contributed by atoms with E-state index in [4.69, 9.17) is 0 Å². The van der Waals surface area contributed by atoms with Crippen LogP contribution in [0.25, 0.3) is 0 Å². The van der Waals surface area contributed by atoms with Crippen molar-refractivity contribution in [2.45, 2.75) is 98.6 Å². The van der Waals surface area contributed by atoms with Gasteiger partial charge in [0.2, 0.25) is 9.79 Å². The van der Waals surface area contributed by atoms with Gasteiger partial charge in [0.15, 0.2) is 0 Å². The predicted molar refractivity (Wildman–Crippen MR) is 117 cm³/mol. The Labute approximate surface area is 168 Å². The van der Waals surface area contributed by atoms with Crippen LogP contribution in [-0.4, -0.2) is 0 Å². The molecule has 0 atom stereocenters. The highest BCUT2D eigenvalue weighted by atomic mass is 32.2. The van der Waals surface area contributed by atoms with Gasteiger partial charge in [0, 0.05) is 11.1 Å². The number of hydrogen-bond acceptors (Lipinski definition) is 2. The molecule has 0 spiro atoms. The van der Waals surface area contributed by atoms with Crippen molar-refractivity contribution in [3.63, 3.8) is 0 Å². The van der Waals surface area contributed by atoms with E-state index < -0.39 is 0 Å². The zero-order chi connectivity index (χ0) is 19.2. The maximum Gasteiger partial charge on any atom is 0.287 e. The second-order valence-corrected chi connectivity index (χ2v) is 10.7. The van der Waals surface area contributed by atoms with E-state index in [1.165, 1.54) is 41.8 Å². The molecule has 1 aliphatic heterocycles. The normalized spacial score (nSPS) is 13.7. The van der Waals surface area contributed by atoms with E-state index in [2.05, 4.69) is 79.7 Å². The first-order valence-corrected chi connectivity index (χ1v) is 11.5. The minimum atomic E-state index is 0.551. The van der Waals surface area contributed by atoms with Crippen molar-refractivity contribution in [1.82, 2.24) is 0 Å². The summed E-state index contributed by atoms with van der Waals surface area (Å²) >= 11 is 4.07. The Bertz CT molecular complexity index is 678. The molecule has 3 rings (SSSR count). The lowest BCUT2D eigenvalue weighted by Gasteiger charge is -2.23. The molecule has 0 amide bonds. The third-order valence-corrected chi connectivity index (χ3v) is 8.08. The van der Waals surface area contributed by atoms with Crippen LogP contribution in [0.5, 0.6) is 0 Å². The fourth-order valence-corrected chi connectivity index (χ4v) is 7.07. The van der Waals surface area contributed by atoms with E-state index in [9.17, 15) is 0 Å². The largest absolute Gasteiger partial charge is 0.287 e. The Morgan fingerprint density at radius 3 is 1.15 bits per heavy atom. The minimum absolute atomic E-state index is 0.551. The van der Waals surface area contributed by atoms with E-state index >= 15 is 0 Å². The standard InChI is InChI=1S/C24H32S2/c1-13(2)17-9-10-18(14(3)4)22-21(17)25-23-19(15(5)6)11-12-20(16(7)8)24(23)26-22/h9-16H,1-8H3/q+1. The first kappa shape index (κ1) is 19.9. The van der Waals surface area contributed by atoms with Crippen LogP contribution in [0.2, 0.25) is 0 Å². The lowest BCUT2D eigenvalue weighted by atomic mass is 9.96. The van der Waals surface area contributed by atoms with Gasteiger partial charge in [-0.2, -0.15) is 0 Å². The Kier molecular flexibility index (Phi) is 5.84. The zero-order valence-corrected chi connectivity index (χ0v) is 19.1. The number of benzene rings is 2. The van der Waals surface area contributed by atoms with Gasteiger partial charge in [-0.15, -0.1) is 0 Å². The van der Waals surface area contributed by atoms with Crippen LogP contribution in [0.15, 0.2) is 43.8 Å². The maximum absolute atomic E-state index is 2.37. The van der Waals surface area contributed by atoms with Gasteiger partial charge >= 0.3 is 0 Å². The average molecular weight is 385 g/mol. The zero-order valence-electron chi connectivity index (χ0n) is 17.4. The Balaban J connectivity index is 2.27. The van der Waals surface area contributed by atoms with Crippen molar-refractivity contribution in [1.29, 1.82) is 0 Å². The Morgan fingerprint density at radius 2 is 0.846 bits per heavy atom. The van der Waals surface area contributed by atoms with E-state index in [1.54, 1.807) is 0 Å². The molecule has 139 valence electrons. The molecule has 2 aromatic rings. The van der Waals surface area contributed by atoms with Gasteiger partial charge in [0.1, 0.15) is 0 Å². The lowest BCUT2D eigenvalue weighted by Crippen LogP contribution is -2.11. The summed E-state index contributed by atoms with van der Waals surface area (Å²) in [6.07, 6.45) is 0. The molecule has 0 saturated carbocycles. The average Bonchev–Trinajstić information content (AvgIpc) is 2.57. The second-order valence-electron chi connectivity index (χ2n) is 8.63. The molecule has 2 heteroatoms. The second kappa shape index (κ2) is 7.64. The monoisotopic (exact) mass is 384 g/mol. The molecular weight excluding hydrogens is 352 g/mol. The van der Waals surface area contributed by atoms with Crippen LogP contribution in [0.1, 0.15) is 101 Å². The summed E-state index contributed by atoms with van der Waals surface area (Å²) in [5.41, 5.74) is 5.99. The van der Waals surface area contributed by atoms with Gasteiger partial charge in [-0.25, -0.2) is 0 Å². The molecule has 0 aromatic heterocycles. The fourth-order valence-electron chi connectivity index (χ4n) is 3.63. The Hall–Kier alpha value is -0.860. The fraction of sp³-hybridized carbons (Fsp3) is 0.500. The van der Waals surface area contributed by atoms with Crippen LogP contribution in [0.3, 0.4) is 0 Å². The van der Waals surface area contributed by atoms with Gasteiger partial charge in [0.05, 0.1) is 9.79 Å². The predicted octanol–water partition coefficient (Wildman–Crippen LogP) is 8.15. The highest BCUT2D eigenvalue weighted by molar-refractivity contribution is 8.01. The van der Waals surface area contributed by atoms with Crippen molar-refractivity contribution >= 4 is 23.5 Å². The van der Waals surface area contributed by atoms with Gasteiger partial charge in [-0.05, 0) is 34.8 Å². The number of rotatable bonds is 4. The summed E-state index contributed by atoms with van der Waals surface area (Å²) in [5, 5.41) is 0. The molecule has 0 bridgehead atoms. The van der Waals surface area contributed by atoms with Crippen molar-refractivity contribution in [3.8, 4) is 0 Å². The third-order valence-electron chi connectivity index (χ3n) is 5.24. The lowest BCUT2D eigenvalue weighted by molar-refractivity contribution is 0.770. The third kappa shape index (κ3) is 3.47. The van der Waals surface area contributed by atoms with Gasteiger partial charge in [-0.3, -0.25) is 0 Å². The molecule has 0 nitrogen and oxygen atoms in total. The van der Waals surface area contributed by atoms with E-state index in [1.807, 2.05) is 23.5 Å². The number of hydrogen-bond donors (Lipinski definition) is 0. The van der Waals surface area contributed by atoms with E-state index in [0.29, 0.717) is 23.7 Å². The van der Waals surface area contributed by atoms with Gasteiger partial charge in [-0.1, -0.05) is 91.4 Å². The summed E-state index contributed by atoms with van der Waals surface area (Å²) in [6.45, 7) is 18.6. The summed E-state index contributed by atoms with van der Waals surface area (Å²) in [4.78, 5) is 6.02. The molecule has 2 aromatic carbocycles. The molecule has 0 unspecified atom stereocenters. The molecule has 1 radical (unpaired) electrons. The molecule has 1 heterocycles. The summed E-state index contributed by atoms with van der Waals surface area (Å²) in [6, 6.07) is 9.49. The van der Waals surface area contributed by atoms with Crippen molar-refractivity contribution in [2.75, 3.05) is 0 Å². The van der Waals surface area contributed by atoms with Crippen LogP contribution >= 0.6 is 11.8 Å². The molecule has 0 saturated heterocycles. The minimum Gasteiger partial charge on any atom is -0.0785 e. The smallest absolute Gasteiger partial charge is 0.0785 e. The molecule has 26 heavy (non-hydrogen) atoms. The van der Waals surface area contributed by atoms with Crippen molar-refractivity contribution < 1.29 is 0 Å². The summed E-state index contributed by atoms with van der Waals surface area (Å²) in [5.74, 6) is 2.21. The topological polar surface area (TPSA) is 0 Å². The van der Waals surface area contributed by atoms with Crippen molar-refractivity contribution in [3.05, 3.63) is 46.5 Å². The van der Waals surface area contributed by atoms with Crippen LogP contribution in [0, 0.1) is 0 Å². The highest BCUT2D eigenvalue weighted by Gasteiger charge is 2.39. The SMILES string of the molecule is CC(C)c1ccc(C(C)C)c2c1Sc1c(C(C)C)ccc(C(C)C)c1[S+]2. The van der Waals surface area contributed by atoms with E-state index in [0.717, 1.165) is 0 Å². The highest BCUT2D eigenvalue weighted by Crippen LogP contribution is 2.51. The summed E-state index contributed by atoms with van der Waals surface area (Å²) < 4.78 is 0. The van der Waals surface area contributed by atoms with Crippen LogP contribution < -0.4 is 0 Å².